The lowest BCUT2D eigenvalue weighted by atomic mass is 9.89. The summed E-state index contributed by atoms with van der Waals surface area (Å²) in [6.07, 6.45) is -7.95. The molecule has 0 aliphatic carbocycles. The molecule has 17 heteroatoms. The molecule has 0 saturated carbocycles. The molecule has 5 atom stereocenters. The topological polar surface area (TPSA) is 189 Å². The SMILES string of the molecule is [N-]=[N+]=N[C@]1(C(=O)OCC(Cl)(Cl)Cl)O[C@H](COC(=O)c2ccccc2)[C@@H](OC(=O)c2ccccc2)[C@H](OC(=O)c2ccccc2)[C@H]1OC(=O)c1ccccc1. The Balaban J connectivity index is 1.68. The highest BCUT2D eigenvalue weighted by atomic mass is 35.6. The van der Waals surface area contributed by atoms with Crippen molar-refractivity contribution in [1.82, 2.24) is 0 Å². The van der Waals surface area contributed by atoms with Crippen LogP contribution in [0.5, 0.6) is 0 Å². The van der Waals surface area contributed by atoms with E-state index in [4.69, 9.17) is 63.2 Å². The van der Waals surface area contributed by atoms with E-state index in [0.717, 1.165) is 0 Å². The van der Waals surface area contributed by atoms with Crippen LogP contribution in [0.3, 0.4) is 0 Å². The Morgan fingerprint density at radius 1 is 0.630 bits per heavy atom. The number of ether oxygens (including phenoxy) is 6. The molecule has 5 rings (SSSR count). The summed E-state index contributed by atoms with van der Waals surface area (Å²) in [7, 11) is 0. The summed E-state index contributed by atoms with van der Waals surface area (Å²) in [6, 6.07) is 30.2. The molecule has 54 heavy (non-hydrogen) atoms. The fourth-order valence-corrected chi connectivity index (χ4v) is 5.39. The number of nitrogens with zero attached hydrogens (tertiary/aromatic N) is 3. The second-order valence-electron chi connectivity index (χ2n) is 11.4. The second-order valence-corrected chi connectivity index (χ2v) is 13.9. The first-order chi connectivity index (χ1) is 25.9. The third-order valence-corrected chi connectivity index (χ3v) is 8.02. The number of hydrogen-bond donors (Lipinski definition) is 0. The minimum absolute atomic E-state index is 0.0227. The van der Waals surface area contributed by atoms with E-state index in [1.807, 2.05) is 0 Å². The number of alkyl halides is 3. The van der Waals surface area contributed by atoms with Crippen LogP contribution >= 0.6 is 34.8 Å². The number of halogens is 3. The maximum absolute atomic E-state index is 14.1. The predicted molar refractivity (Wildman–Crippen MR) is 192 cm³/mol. The molecule has 278 valence electrons. The summed E-state index contributed by atoms with van der Waals surface area (Å²) in [5, 5.41) is 3.59. The molecule has 1 heterocycles. The first-order valence-corrected chi connectivity index (χ1v) is 17.0. The standard InChI is InChI=1S/C37H28Cl3N3O11/c38-36(39,40)22-50-35(48)37(42-43-41)30(53-34(47)26-19-11-4-12-20-26)29(52-33(46)25-17-9-3-10-18-25)28(51-32(45)24-15-7-2-8-16-24)27(54-37)21-49-31(44)23-13-5-1-6-14-23/h1-20,27-30H,21-22H2/t27-,28-,29+,30-,37+/m1/s1. The lowest BCUT2D eigenvalue weighted by Gasteiger charge is -2.47. The van der Waals surface area contributed by atoms with Gasteiger partial charge in [-0.2, -0.15) is 0 Å². The van der Waals surface area contributed by atoms with Crippen LogP contribution in [0.15, 0.2) is 126 Å². The van der Waals surface area contributed by atoms with Crippen molar-refractivity contribution in [2.45, 2.75) is 33.9 Å². The van der Waals surface area contributed by atoms with Crippen molar-refractivity contribution in [1.29, 1.82) is 0 Å². The number of benzene rings is 4. The van der Waals surface area contributed by atoms with Crippen LogP contribution in [0.25, 0.3) is 10.4 Å². The van der Waals surface area contributed by atoms with E-state index in [2.05, 4.69) is 10.0 Å². The van der Waals surface area contributed by atoms with E-state index in [9.17, 15) is 29.5 Å². The number of esters is 5. The van der Waals surface area contributed by atoms with Crippen molar-refractivity contribution in [2.75, 3.05) is 13.2 Å². The molecular weight excluding hydrogens is 769 g/mol. The number of rotatable bonds is 12. The molecule has 0 aromatic heterocycles. The third kappa shape index (κ3) is 9.86. The van der Waals surface area contributed by atoms with Crippen LogP contribution in [0.2, 0.25) is 0 Å². The van der Waals surface area contributed by atoms with Gasteiger partial charge in [0, 0.05) is 4.91 Å². The molecular formula is C37H28Cl3N3O11. The Kier molecular flexibility index (Phi) is 13.1. The van der Waals surface area contributed by atoms with E-state index in [-0.39, 0.29) is 22.3 Å². The van der Waals surface area contributed by atoms with Gasteiger partial charge in [0.15, 0.2) is 18.3 Å². The highest BCUT2D eigenvalue weighted by Crippen LogP contribution is 2.40. The summed E-state index contributed by atoms with van der Waals surface area (Å²) in [5.74, 6) is -5.64. The highest BCUT2D eigenvalue weighted by molar-refractivity contribution is 6.67. The van der Waals surface area contributed by atoms with Crippen molar-refractivity contribution in [3.8, 4) is 0 Å². The number of azide groups is 1. The van der Waals surface area contributed by atoms with Gasteiger partial charge in [0.05, 0.1) is 22.3 Å². The molecule has 0 amide bonds. The van der Waals surface area contributed by atoms with Crippen LogP contribution in [0.1, 0.15) is 41.4 Å². The smallest absolute Gasteiger partial charge is 0.349 e. The van der Waals surface area contributed by atoms with Crippen LogP contribution in [0, 0.1) is 0 Å². The molecule has 4 aromatic rings. The Labute approximate surface area is 322 Å². The van der Waals surface area contributed by atoms with E-state index < -0.39 is 77.0 Å². The average molecular weight is 797 g/mol. The maximum Gasteiger partial charge on any atom is 0.349 e. The second kappa shape index (κ2) is 17.9. The zero-order valence-corrected chi connectivity index (χ0v) is 30.0. The van der Waals surface area contributed by atoms with Crippen molar-refractivity contribution in [2.24, 2.45) is 5.11 Å². The molecule has 1 aliphatic heterocycles. The molecule has 0 N–H and O–H groups in total. The molecule has 1 saturated heterocycles. The summed E-state index contributed by atoms with van der Waals surface area (Å²) in [5.41, 5.74) is 6.81. The minimum atomic E-state index is -3.10. The van der Waals surface area contributed by atoms with E-state index in [1.165, 1.54) is 72.8 Å². The van der Waals surface area contributed by atoms with Gasteiger partial charge in [-0.3, -0.25) is 0 Å². The van der Waals surface area contributed by atoms with Crippen molar-refractivity contribution in [3.63, 3.8) is 0 Å². The first-order valence-electron chi connectivity index (χ1n) is 15.9. The van der Waals surface area contributed by atoms with Gasteiger partial charge in [0.1, 0.15) is 19.3 Å². The Bertz CT molecular complexity index is 2000. The summed E-state index contributed by atoms with van der Waals surface area (Å²) in [6.45, 7) is -1.75. The largest absolute Gasteiger partial charge is 0.459 e. The van der Waals surface area contributed by atoms with Gasteiger partial charge in [-0.15, -0.1) is 0 Å². The summed E-state index contributed by atoms with van der Waals surface area (Å²) in [4.78, 5) is 71.1. The van der Waals surface area contributed by atoms with Gasteiger partial charge in [0.2, 0.25) is 3.79 Å². The zero-order valence-electron chi connectivity index (χ0n) is 27.7. The molecule has 1 aliphatic rings. The normalized spacial score (nSPS) is 20.6. The summed E-state index contributed by atoms with van der Waals surface area (Å²) >= 11 is 17.6. The van der Waals surface area contributed by atoms with Crippen LogP contribution in [-0.2, 0) is 33.2 Å². The first kappa shape index (κ1) is 39.6. The van der Waals surface area contributed by atoms with Gasteiger partial charge in [-0.05, 0) is 59.2 Å². The average Bonchev–Trinajstić information content (AvgIpc) is 3.19. The van der Waals surface area contributed by atoms with Gasteiger partial charge in [-0.1, -0.05) is 108 Å². The lowest BCUT2D eigenvalue weighted by molar-refractivity contribution is -0.270. The van der Waals surface area contributed by atoms with Gasteiger partial charge < -0.3 is 28.4 Å². The molecule has 1 fully saturated rings. The number of carbonyl (C=O) groups is 5. The molecule has 0 spiro atoms. The van der Waals surface area contributed by atoms with Crippen LogP contribution in [0.4, 0.5) is 0 Å². The number of carbonyl (C=O) groups excluding carboxylic acids is 5. The fourth-order valence-electron chi connectivity index (χ4n) is 5.23. The Morgan fingerprint density at radius 2 is 1.04 bits per heavy atom. The van der Waals surface area contributed by atoms with Crippen LogP contribution in [-0.4, -0.2) is 77.0 Å². The predicted octanol–water partition coefficient (Wildman–Crippen LogP) is 6.84. The quantitative estimate of drug-likeness (QED) is 0.0365. The third-order valence-electron chi connectivity index (χ3n) is 7.69. The van der Waals surface area contributed by atoms with E-state index in [0.29, 0.717) is 0 Å². The van der Waals surface area contributed by atoms with E-state index >= 15 is 0 Å². The maximum atomic E-state index is 14.1. The van der Waals surface area contributed by atoms with Crippen LogP contribution < -0.4 is 0 Å². The monoisotopic (exact) mass is 795 g/mol. The number of hydrogen-bond acceptors (Lipinski definition) is 12. The zero-order chi connectivity index (χ0) is 38.7. The summed E-state index contributed by atoms with van der Waals surface area (Å²) < 4.78 is 32.2. The van der Waals surface area contributed by atoms with Gasteiger partial charge in [0.25, 0.3) is 5.72 Å². The molecule has 14 nitrogen and oxygen atoms in total. The Hall–Kier alpha value is -5.63. The highest BCUT2D eigenvalue weighted by Gasteiger charge is 2.65. The van der Waals surface area contributed by atoms with Crippen molar-refractivity contribution in [3.05, 3.63) is 154 Å². The van der Waals surface area contributed by atoms with E-state index in [1.54, 1.807) is 48.5 Å². The van der Waals surface area contributed by atoms with Crippen molar-refractivity contribution >= 4 is 64.6 Å². The lowest BCUT2D eigenvalue weighted by Crippen LogP contribution is -2.70. The van der Waals surface area contributed by atoms with Crippen molar-refractivity contribution < 1.29 is 52.4 Å². The molecule has 0 bridgehead atoms. The minimum Gasteiger partial charge on any atom is -0.459 e. The molecule has 0 unspecified atom stereocenters. The molecule has 0 radical (unpaired) electrons. The fraction of sp³-hybridized carbons (Fsp3) is 0.216. The van der Waals surface area contributed by atoms with Gasteiger partial charge >= 0.3 is 29.8 Å². The molecule has 4 aromatic carbocycles. The van der Waals surface area contributed by atoms with Gasteiger partial charge in [-0.25, -0.2) is 24.0 Å². The Morgan fingerprint density at radius 3 is 1.46 bits per heavy atom.